The topological polar surface area (TPSA) is 58.6 Å². The Bertz CT molecular complexity index is 927. The Morgan fingerprint density at radius 2 is 1.78 bits per heavy atom. The van der Waals surface area contributed by atoms with Gasteiger partial charge >= 0.3 is 0 Å². The first kappa shape index (κ1) is 24.4. The molecule has 0 heterocycles. The largest absolute Gasteiger partial charge is 0.484 e. The molecule has 7 heteroatoms. The summed E-state index contributed by atoms with van der Waals surface area (Å²) in [6, 6.07) is 12.1. The smallest absolute Gasteiger partial charge is 0.261 e. The molecule has 0 bridgehead atoms. The summed E-state index contributed by atoms with van der Waals surface area (Å²) in [5.41, 5.74) is 1.76. The molecule has 1 atom stereocenters. The van der Waals surface area contributed by atoms with Crippen molar-refractivity contribution in [3.05, 3.63) is 63.6 Å². The van der Waals surface area contributed by atoms with Gasteiger partial charge in [-0.15, -0.1) is 0 Å². The first-order chi connectivity index (χ1) is 15.3. The van der Waals surface area contributed by atoms with Crippen LogP contribution in [0, 0.1) is 6.92 Å². The number of carbonyl (C=O) groups is 2. The van der Waals surface area contributed by atoms with E-state index in [-0.39, 0.29) is 31.0 Å². The van der Waals surface area contributed by atoms with Gasteiger partial charge in [0.1, 0.15) is 11.8 Å². The van der Waals surface area contributed by atoms with Crippen molar-refractivity contribution in [2.75, 3.05) is 6.61 Å². The third kappa shape index (κ3) is 6.88. The quantitative estimate of drug-likeness (QED) is 0.543. The van der Waals surface area contributed by atoms with Gasteiger partial charge in [-0.3, -0.25) is 9.59 Å². The predicted octanol–water partition coefficient (Wildman–Crippen LogP) is 5.55. The van der Waals surface area contributed by atoms with Crippen LogP contribution in [0.3, 0.4) is 0 Å². The van der Waals surface area contributed by atoms with E-state index in [1.807, 2.05) is 19.1 Å². The van der Waals surface area contributed by atoms with Crippen molar-refractivity contribution >= 4 is 35.0 Å². The van der Waals surface area contributed by atoms with Gasteiger partial charge in [-0.1, -0.05) is 54.6 Å². The molecular formula is C25H30Cl2N2O3. The third-order valence-corrected chi connectivity index (χ3v) is 6.55. The predicted molar refractivity (Wildman–Crippen MR) is 128 cm³/mol. The van der Waals surface area contributed by atoms with Gasteiger partial charge in [0.15, 0.2) is 6.61 Å². The average Bonchev–Trinajstić information content (AvgIpc) is 2.79. The Balaban J connectivity index is 1.70. The van der Waals surface area contributed by atoms with Gasteiger partial charge in [-0.05, 0) is 68.1 Å². The number of benzene rings is 2. The van der Waals surface area contributed by atoms with Gasteiger partial charge in [-0.25, -0.2) is 0 Å². The lowest BCUT2D eigenvalue weighted by atomic mass is 9.95. The van der Waals surface area contributed by atoms with Crippen LogP contribution >= 0.6 is 23.2 Å². The first-order valence-electron chi connectivity index (χ1n) is 11.1. The highest BCUT2D eigenvalue weighted by Gasteiger charge is 2.28. The van der Waals surface area contributed by atoms with Crippen molar-refractivity contribution in [2.24, 2.45) is 0 Å². The molecule has 5 nitrogen and oxygen atoms in total. The summed E-state index contributed by atoms with van der Waals surface area (Å²) in [6.07, 6.45) is 5.44. The van der Waals surface area contributed by atoms with Crippen molar-refractivity contribution in [1.82, 2.24) is 10.2 Å². The summed E-state index contributed by atoms with van der Waals surface area (Å²) in [4.78, 5) is 27.7. The lowest BCUT2D eigenvalue weighted by Crippen LogP contribution is -2.51. The molecule has 3 rings (SSSR count). The van der Waals surface area contributed by atoms with Crippen LogP contribution < -0.4 is 10.1 Å². The van der Waals surface area contributed by atoms with Crippen LogP contribution in [-0.2, 0) is 16.1 Å². The Kier molecular flexibility index (Phi) is 8.83. The number of hydrogen-bond acceptors (Lipinski definition) is 3. The highest BCUT2D eigenvalue weighted by molar-refractivity contribution is 6.31. The van der Waals surface area contributed by atoms with E-state index in [1.54, 1.807) is 42.2 Å². The van der Waals surface area contributed by atoms with Crippen LogP contribution in [0.2, 0.25) is 10.0 Å². The average molecular weight is 477 g/mol. The second kappa shape index (κ2) is 11.6. The number of ether oxygens (including phenoxy) is 1. The number of amides is 2. The molecule has 0 saturated heterocycles. The minimum atomic E-state index is -0.629. The fraction of sp³-hybridized carbons (Fsp3) is 0.440. The summed E-state index contributed by atoms with van der Waals surface area (Å²) in [7, 11) is 0. The molecule has 2 amide bonds. The van der Waals surface area contributed by atoms with Crippen LogP contribution in [0.5, 0.6) is 5.75 Å². The first-order valence-corrected chi connectivity index (χ1v) is 11.8. The van der Waals surface area contributed by atoms with E-state index < -0.39 is 6.04 Å². The Morgan fingerprint density at radius 3 is 2.44 bits per heavy atom. The van der Waals surface area contributed by atoms with Gasteiger partial charge in [0.25, 0.3) is 5.91 Å². The monoisotopic (exact) mass is 476 g/mol. The number of aryl methyl sites for hydroxylation is 1. The molecular weight excluding hydrogens is 447 g/mol. The maximum atomic E-state index is 13.1. The van der Waals surface area contributed by atoms with E-state index in [2.05, 4.69) is 5.32 Å². The van der Waals surface area contributed by atoms with E-state index in [0.717, 1.165) is 36.8 Å². The molecule has 1 aliphatic carbocycles. The van der Waals surface area contributed by atoms with Crippen molar-refractivity contribution in [2.45, 2.75) is 64.6 Å². The zero-order chi connectivity index (χ0) is 23.1. The highest BCUT2D eigenvalue weighted by atomic mass is 35.5. The summed E-state index contributed by atoms with van der Waals surface area (Å²) in [5, 5.41) is 4.39. The molecule has 0 aromatic heterocycles. The lowest BCUT2D eigenvalue weighted by molar-refractivity contribution is -0.142. The number of carbonyl (C=O) groups excluding carboxylic acids is 2. The summed E-state index contributed by atoms with van der Waals surface area (Å²) in [5.74, 6) is 0.159. The molecule has 172 valence electrons. The van der Waals surface area contributed by atoms with Crippen LogP contribution in [-0.4, -0.2) is 35.4 Å². The molecule has 1 saturated carbocycles. The van der Waals surface area contributed by atoms with Crippen LogP contribution in [0.1, 0.15) is 50.2 Å². The standard InChI is InChI=1S/C25H30Cl2N2O3/c1-17-14-22(12-13-23(17)27)32-16-24(30)29(15-19-8-10-20(26)11-9-19)18(2)25(31)28-21-6-4-3-5-7-21/h8-14,18,21H,3-7,15-16H2,1-2H3,(H,28,31)/t18-/m1/s1. The zero-order valence-corrected chi connectivity index (χ0v) is 20.1. The fourth-order valence-corrected chi connectivity index (χ4v) is 4.12. The van der Waals surface area contributed by atoms with E-state index in [9.17, 15) is 9.59 Å². The van der Waals surface area contributed by atoms with Crippen LogP contribution in [0.4, 0.5) is 0 Å². The minimum absolute atomic E-state index is 0.137. The number of nitrogens with one attached hydrogen (secondary N) is 1. The van der Waals surface area contributed by atoms with Gasteiger partial charge in [0.05, 0.1) is 0 Å². The van der Waals surface area contributed by atoms with Crippen LogP contribution in [0.25, 0.3) is 0 Å². The molecule has 1 N–H and O–H groups in total. The van der Waals surface area contributed by atoms with Crippen molar-refractivity contribution in [3.8, 4) is 5.75 Å². The fourth-order valence-electron chi connectivity index (χ4n) is 3.87. The Labute approximate surface area is 200 Å². The van der Waals surface area contributed by atoms with E-state index in [0.29, 0.717) is 15.8 Å². The maximum Gasteiger partial charge on any atom is 0.261 e. The summed E-state index contributed by atoms with van der Waals surface area (Å²) >= 11 is 12.1. The molecule has 0 unspecified atom stereocenters. The molecule has 2 aromatic carbocycles. The van der Waals surface area contributed by atoms with Gasteiger partial charge in [-0.2, -0.15) is 0 Å². The van der Waals surface area contributed by atoms with E-state index in [1.165, 1.54) is 6.42 Å². The zero-order valence-electron chi connectivity index (χ0n) is 18.6. The Morgan fingerprint density at radius 1 is 1.09 bits per heavy atom. The maximum absolute atomic E-state index is 13.1. The molecule has 0 radical (unpaired) electrons. The Hall–Kier alpha value is -2.24. The highest BCUT2D eigenvalue weighted by Crippen LogP contribution is 2.22. The molecule has 0 spiro atoms. The molecule has 1 fully saturated rings. The van der Waals surface area contributed by atoms with E-state index >= 15 is 0 Å². The molecule has 2 aromatic rings. The lowest BCUT2D eigenvalue weighted by Gasteiger charge is -2.31. The van der Waals surface area contributed by atoms with Crippen molar-refractivity contribution in [3.63, 3.8) is 0 Å². The summed E-state index contributed by atoms with van der Waals surface area (Å²) < 4.78 is 5.72. The number of halogens is 2. The number of hydrogen-bond donors (Lipinski definition) is 1. The second-order valence-electron chi connectivity index (χ2n) is 8.37. The second-order valence-corrected chi connectivity index (χ2v) is 9.21. The normalized spacial score (nSPS) is 15.1. The number of rotatable bonds is 8. The molecule has 32 heavy (non-hydrogen) atoms. The van der Waals surface area contributed by atoms with E-state index in [4.69, 9.17) is 27.9 Å². The van der Waals surface area contributed by atoms with Crippen LogP contribution in [0.15, 0.2) is 42.5 Å². The third-order valence-electron chi connectivity index (χ3n) is 5.88. The molecule has 0 aliphatic heterocycles. The minimum Gasteiger partial charge on any atom is -0.484 e. The summed E-state index contributed by atoms with van der Waals surface area (Å²) in [6.45, 7) is 3.76. The number of nitrogens with zero attached hydrogens (tertiary/aromatic N) is 1. The van der Waals surface area contributed by atoms with Crippen molar-refractivity contribution in [1.29, 1.82) is 0 Å². The van der Waals surface area contributed by atoms with Gasteiger partial charge in [0, 0.05) is 22.6 Å². The SMILES string of the molecule is Cc1cc(OCC(=O)N(Cc2ccc(Cl)cc2)[C@H](C)C(=O)NC2CCCCC2)ccc1Cl. The van der Waals surface area contributed by atoms with Crippen molar-refractivity contribution < 1.29 is 14.3 Å². The molecule has 1 aliphatic rings. The van der Waals surface area contributed by atoms with Gasteiger partial charge in [0.2, 0.25) is 5.91 Å². The van der Waals surface area contributed by atoms with Gasteiger partial charge < -0.3 is 15.0 Å².